The number of hydrogen-bond acceptors (Lipinski definition) is 7. The summed E-state index contributed by atoms with van der Waals surface area (Å²) in [5, 5.41) is 20.7. The van der Waals surface area contributed by atoms with E-state index in [1.807, 2.05) is 24.3 Å². The Kier molecular flexibility index (Phi) is 5.08. The predicted molar refractivity (Wildman–Crippen MR) is 71.8 cm³/mol. The monoisotopic (exact) mass is 294 g/mol. The summed E-state index contributed by atoms with van der Waals surface area (Å²) in [6, 6.07) is 7.61. The lowest BCUT2D eigenvalue weighted by atomic mass is 10.2. The molecule has 0 fully saturated rings. The van der Waals surface area contributed by atoms with Gasteiger partial charge < -0.3 is 9.84 Å². The second-order valence-electron chi connectivity index (χ2n) is 3.96. The predicted octanol–water partition coefficient (Wildman–Crippen LogP) is 0.631. The van der Waals surface area contributed by atoms with Crippen molar-refractivity contribution in [2.45, 2.75) is 24.1 Å². The van der Waals surface area contributed by atoms with Crippen LogP contribution in [0.1, 0.15) is 11.1 Å². The van der Waals surface area contributed by atoms with Gasteiger partial charge in [0.1, 0.15) is 6.54 Å². The minimum Gasteiger partial charge on any atom is -0.468 e. The van der Waals surface area contributed by atoms with Crippen LogP contribution in [0, 0.1) is 0 Å². The van der Waals surface area contributed by atoms with E-state index in [0.29, 0.717) is 10.9 Å². The molecule has 1 heterocycles. The molecule has 106 valence electrons. The minimum atomic E-state index is -0.397. The Morgan fingerprint density at radius 3 is 2.70 bits per heavy atom. The molecule has 0 saturated carbocycles. The second kappa shape index (κ2) is 7.01. The lowest BCUT2D eigenvalue weighted by Gasteiger charge is -2.04. The molecular formula is C12H14N4O3S. The van der Waals surface area contributed by atoms with Crippen molar-refractivity contribution in [1.29, 1.82) is 0 Å². The van der Waals surface area contributed by atoms with Gasteiger partial charge in [0.25, 0.3) is 0 Å². The Morgan fingerprint density at radius 1 is 1.35 bits per heavy atom. The van der Waals surface area contributed by atoms with Crippen LogP contribution in [-0.2, 0) is 28.4 Å². The molecule has 0 atom stereocenters. The first kappa shape index (κ1) is 14.5. The smallest absolute Gasteiger partial charge is 0.327 e. The van der Waals surface area contributed by atoms with Crippen LogP contribution < -0.4 is 0 Å². The first-order valence-corrected chi connectivity index (χ1v) is 6.86. The summed E-state index contributed by atoms with van der Waals surface area (Å²) in [4.78, 5) is 11.2. The van der Waals surface area contributed by atoms with Crippen molar-refractivity contribution in [3.8, 4) is 0 Å². The zero-order chi connectivity index (χ0) is 14.4. The average molecular weight is 294 g/mol. The number of hydrogen-bond donors (Lipinski definition) is 1. The molecule has 2 aromatic rings. The summed E-state index contributed by atoms with van der Waals surface area (Å²) >= 11 is 1.43. The van der Waals surface area contributed by atoms with E-state index in [4.69, 9.17) is 5.11 Å². The van der Waals surface area contributed by atoms with E-state index in [-0.39, 0.29) is 13.2 Å². The molecule has 0 spiro atoms. The number of ether oxygens (including phenoxy) is 1. The van der Waals surface area contributed by atoms with Gasteiger partial charge in [0.2, 0.25) is 5.16 Å². The zero-order valence-electron chi connectivity index (χ0n) is 10.9. The summed E-state index contributed by atoms with van der Waals surface area (Å²) in [5.74, 6) is 0.277. The maximum absolute atomic E-state index is 11.2. The molecule has 2 rings (SSSR count). The van der Waals surface area contributed by atoms with Gasteiger partial charge in [0.15, 0.2) is 0 Å². The molecule has 0 unspecified atom stereocenters. The Labute approximate surface area is 119 Å². The van der Waals surface area contributed by atoms with Gasteiger partial charge in [-0.25, -0.2) is 4.68 Å². The van der Waals surface area contributed by atoms with Crippen LogP contribution in [0.4, 0.5) is 0 Å². The van der Waals surface area contributed by atoms with Crippen LogP contribution in [-0.4, -0.2) is 38.4 Å². The van der Waals surface area contributed by atoms with Crippen molar-refractivity contribution in [1.82, 2.24) is 20.2 Å². The summed E-state index contributed by atoms with van der Waals surface area (Å²) < 4.78 is 5.98. The molecule has 8 heteroatoms. The van der Waals surface area contributed by atoms with Crippen molar-refractivity contribution in [3.05, 3.63) is 35.4 Å². The fourth-order valence-electron chi connectivity index (χ4n) is 1.47. The number of esters is 1. The van der Waals surface area contributed by atoms with Gasteiger partial charge >= 0.3 is 5.97 Å². The number of aliphatic hydroxyl groups excluding tert-OH is 1. The number of thioether (sulfide) groups is 1. The lowest BCUT2D eigenvalue weighted by Crippen LogP contribution is -2.13. The van der Waals surface area contributed by atoms with Gasteiger partial charge in [-0.1, -0.05) is 36.0 Å². The topological polar surface area (TPSA) is 90.1 Å². The Hall–Kier alpha value is -1.93. The van der Waals surface area contributed by atoms with Gasteiger partial charge in [-0.05, 0) is 21.6 Å². The van der Waals surface area contributed by atoms with E-state index in [9.17, 15) is 4.79 Å². The summed E-state index contributed by atoms with van der Waals surface area (Å²) in [7, 11) is 1.32. The van der Waals surface area contributed by atoms with Gasteiger partial charge in [-0.2, -0.15) is 0 Å². The van der Waals surface area contributed by atoms with Crippen LogP contribution in [0.25, 0.3) is 0 Å². The fourth-order valence-corrected chi connectivity index (χ4v) is 2.31. The number of aromatic nitrogens is 4. The Bertz CT molecular complexity index is 570. The summed E-state index contributed by atoms with van der Waals surface area (Å²) in [6.07, 6.45) is 0. The van der Waals surface area contributed by atoms with Gasteiger partial charge in [-0.3, -0.25) is 4.79 Å². The lowest BCUT2D eigenvalue weighted by molar-refractivity contribution is -0.141. The van der Waals surface area contributed by atoms with Crippen LogP contribution in [0.5, 0.6) is 0 Å². The zero-order valence-corrected chi connectivity index (χ0v) is 11.7. The molecule has 0 radical (unpaired) electrons. The normalized spacial score (nSPS) is 10.5. The number of nitrogens with zero attached hydrogens (tertiary/aromatic N) is 4. The highest BCUT2D eigenvalue weighted by Crippen LogP contribution is 2.20. The SMILES string of the molecule is COC(=O)Cn1nnnc1SCc1ccc(CO)cc1. The molecule has 0 amide bonds. The molecule has 0 aliphatic rings. The van der Waals surface area contributed by atoms with E-state index >= 15 is 0 Å². The third-order valence-corrected chi connectivity index (χ3v) is 3.61. The number of rotatable bonds is 6. The molecule has 1 N–H and O–H groups in total. The maximum Gasteiger partial charge on any atom is 0.327 e. The van der Waals surface area contributed by atoms with Crippen molar-refractivity contribution >= 4 is 17.7 Å². The van der Waals surface area contributed by atoms with E-state index in [2.05, 4.69) is 20.3 Å². The molecule has 1 aromatic carbocycles. The van der Waals surface area contributed by atoms with E-state index in [1.165, 1.54) is 23.6 Å². The fraction of sp³-hybridized carbons (Fsp3) is 0.333. The van der Waals surface area contributed by atoms with Crippen LogP contribution in [0.2, 0.25) is 0 Å². The van der Waals surface area contributed by atoms with Crippen molar-refractivity contribution in [2.24, 2.45) is 0 Å². The summed E-state index contributed by atoms with van der Waals surface area (Å²) in [6.45, 7) is 0.0279. The first-order valence-electron chi connectivity index (χ1n) is 5.87. The standard InChI is InChI=1S/C12H14N4O3S/c1-19-11(18)6-16-12(13-14-15-16)20-8-10-4-2-9(7-17)3-5-10/h2-5,17H,6-8H2,1H3. The van der Waals surface area contributed by atoms with Gasteiger partial charge in [0, 0.05) is 5.75 Å². The maximum atomic E-state index is 11.2. The quantitative estimate of drug-likeness (QED) is 0.617. The Morgan fingerprint density at radius 2 is 2.05 bits per heavy atom. The number of benzene rings is 1. The number of carbonyl (C=O) groups is 1. The van der Waals surface area contributed by atoms with E-state index in [1.54, 1.807) is 0 Å². The van der Waals surface area contributed by atoms with Crippen molar-refractivity contribution < 1.29 is 14.6 Å². The van der Waals surface area contributed by atoms with Crippen molar-refractivity contribution in [3.63, 3.8) is 0 Å². The molecule has 0 bridgehead atoms. The molecular weight excluding hydrogens is 280 g/mol. The highest BCUT2D eigenvalue weighted by atomic mass is 32.2. The molecule has 1 aromatic heterocycles. The number of carbonyl (C=O) groups excluding carboxylic acids is 1. The summed E-state index contributed by atoms with van der Waals surface area (Å²) in [5.41, 5.74) is 1.95. The minimum absolute atomic E-state index is 0.00468. The molecule has 0 aliphatic heterocycles. The first-order chi connectivity index (χ1) is 9.72. The molecule has 20 heavy (non-hydrogen) atoms. The molecule has 7 nitrogen and oxygen atoms in total. The number of tetrazole rings is 1. The number of methoxy groups -OCH3 is 1. The van der Waals surface area contributed by atoms with Crippen molar-refractivity contribution in [2.75, 3.05) is 7.11 Å². The van der Waals surface area contributed by atoms with Crippen LogP contribution in [0.15, 0.2) is 29.4 Å². The van der Waals surface area contributed by atoms with Crippen LogP contribution in [0.3, 0.4) is 0 Å². The third kappa shape index (κ3) is 3.78. The van der Waals surface area contributed by atoms with Gasteiger partial charge in [0.05, 0.1) is 13.7 Å². The van der Waals surface area contributed by atoms with E-state index < -0.39 is 5.97 Å². The molecule has 0 saturated heterocycles. The number of aliphatic hydroxyl groups is 1. The average Bonchev–Trinajstić information content (AvgIpc) is 2.92. The molecule has 0 aliphatic carbocycles. The third-order valence-electron chi connectivity index (χ3n) is 2.58. The Balaban J connectivity index is 1.96. The van der Waals surface area contributed by atoms with E-state index in [0.717, 1.165) is 11.1 Å². The second-order valence-corrected chi connectivity index (χ2v) is 4.90. The highest BCUT2D eigenvalue weighted by Gasteiger charge is 2.11. The highest BCUT2D eigenvalue weighted by molar-refractivity contribution is 7.98. The van der Waals surface area contributed by atoms with Gasteiger partial charge in [-0.15, -0.1) is 5.10 Å². The van der Waals surface area contributed by atoms with Crippen LogP contribution >= 0.6 is 11.8 Å². The largest absolute Gasteiger partial charge is 0.468 e.